The lowest BCUT2D eigenvalue weighted by Crippen LogP contribution is -2.27. The van der Waals surface area contributed by atoms with E-state index in [9.17, 15) is 9.59 Å². The lowest BCUT2D eigenvalue weighted by atomic mass is 10.2. The number of nitrogens with zero attached hydrogens (tertiary/aromatic N) is 5. The van der Waals surface area contributed by atoms with Crippen LogP contribution in [0, 0.1) is 6.92 Å². The molecule has 0 spiro atoms. The monoisotopic (exact) mass is 478 g/mol. The first-order valence-corrected chi connectivity index (χ1v) is 11.5. The van der Waals surface area contributed by atoms with Gasteiger partial charge >= 0.3 is 0 Å². The fraction of sp³-hybridized carbons (Fsp3) is 0.250. The van der Waals surface area contributed by atoms with Crippen molar-refractivity contribution in [2.24, 2.45) is 14.1 Å². The average Bonchev–Trinajstić information content (AvgIpc) is 3.31. The molecule has 0 unspecified atom stereocenters. The number of nitrogens with one attached hydrogen (secondary N) is 1. The lowest BCUT2D eigenvalue weighted by Gasteiger charge is -2.11. The second-order valence-corrected chi connectivity index (χ2v) is 9.09. The maximum Gasteiger partial charge on any atom is 0.295 e. The Kier molecular flexibility index (Phi) is 6.60. The third kappa shape index (κ3) is 4.36. The zero-order valence-electron chi connectivity index (χ0n) is 19.6. The van der Waals surface area contributed by atoms with E-state index in [0.29, 0.717) is 16.7 Å². The van der Waals surface area contributed by atoms with Gasteiger partial charge in [-0.15, -0.1) is 10.2 Å². The summed E-state index contributed by atoms with van der Waals surface area (Å²) in [5.41, 5.74) is 2.27. The van der Waals surface area contributed by atoms with Crippen molar-refractivity contribution in [2.45, 2.75) is 24.3 Å². The van der Waals surface area contributed by atoms with Gasteiger partial charge in [0, 0.05) is 19.7 Å². The topological polar surface area (TPSA) is 96.0 Å². The minimum atomic E-state index is -0.504. The number of rotatable bonds is 7. The Hall–Kier alpha value is -3.79. The predicted octanol–water partition coefficient (Wildman–Crippen LogP) is 3.41. The number of thioether (sulfide) groups is 1. The molecular formula is C24H26N6O3S. The third-order valence-corrected chi connectivity index (χ3v) is 6.77. The summed E-state index contributed by atoms with van der Waals surface area (Å²) < 4.78 is 10.3. The first-order valence-electron chi connectivity index (χ1n) is 10.7. The molecule has 0 bridgehead atoms. The van der Waals surface area contributed by atoms with Crippen molar-refractivity contribution in [1.82, 2.24) is 24.1 Å². The van der Waals surface area contributed by atoms with Crippen LogP contribution in [0.1, 0.15) is 12.6 Å². The van der Waals surface area contributed by atoms with Crippen LogP contribution in [0.2, 0.25) is 0 Å². The molecule has 0 fully saturated rings. The van der Waals surface area contributed by atoms with Gasteiger partial charge in [-0.05, 0) is 50.2 Å². The van der Waals surface area contributed by atoms with Crippen molar-refractivity contribution in [2.75, 3.05) is 12.4 Å². The molecule has 0 radical (unpaired) electrons. The van der Waals surface area contributed by atoms with Crippen molar-refractivity contribution < 1.29 is 9.53 Å². The van der Waals surface area contributed by atoms with Gasteiger partial charge in [-0.3, -0.25) is 14.3 Å². The lowest BCUT2D eigenvalue weighted by molar-refractivity contribution is -0.115. The van der Waals surface area contributed by atoms with Gasteiger partial charge in [0.15, 0.2) is 11.0 Å². The molecule has 0 aliphatic heterocycles. The van der Waals surface area contributed by atoms with E-state index in [0.717, 1.165) is 17.0 Å². The highest BCUT2D eigenvalue weighted by atomic mass is 32.2. The minimum absolute atomic E-state index is 0.265. The van der Waals surface area contributed by atoms with Crippen molar-refractivity contribution in [3.8, 4) is 22.8 Å². The van der Waals surface area contributed by atoms with Crippen molar-refractivity contribution in [3.05, 3.63) is 70.6 Å². The Morgan fingerprint density at radius 2 is 1.74 bits per heavy atom. The summed E-state index contributed by atoms with van der Waals surface area (Å²) >= 11 is 1.28. The zero-order valence-corrected chi connectivity index (χ0v) is 20.5. The minimum Gasteiger partial charge on any atom is -0.497 e. The number of amides is 1. The van der Waals surface area contributed by atoms with Crippen LogP contribution >= 0.6 is 11.8 Å². The molecule has 0 aliphatic carbocycles. The number of ether oxygens (including phenoxy) is 1. The van der Waals surface area contributed by atoms with Crippen molar-refractivity contribution >= 4 is 23.4 Å². The van der Waals surface area contributed by atoms with Crippen LogP contribution in [-0.4, -0.2) is 42.4 Å². The van der Waals surface area contributed by atoms with Crippen molar-refractivity contribution in [1.29, 1.82) is 0 Å². The first-order chi connectivity index (χ1) is 16.3. The maximum atomic E-state index is 13.1. The number of carbonyl (C=O) groups is 1. The molecule has 176 valence electrons. The molecule has 2 aromatic heterocycles. The van der Waals surface area contributed by atoms with Gasteiger partial charge in [-0.1, -0.05) is 30.0 Å². The summed E-state index contributed by atoms with van der Waals surface area (Å²) in [5, 5.41) is 11.4. The number of carbonyl (C=O) groups excluding carboxylic acids is 1. The van der Waals surface area contributed by atoms with E-state index in [4.69, 9.17) is 4.74 Å². The number of hydrogen-bond acceptors (Lipinski definition) is 6. The average molecular weight is 479 g/mol. The van der Waals surface area contributed by atoms with E-state index in [1.165, 1.54) is 16.4 Å². The summed E-state index contributed by atoms with van der Waals surface area (Å²) in [6.07, 6.45) is 0. The van der Waals surface area contributed by atoms with Gasteiger partial charge in [-0.25, -0.2) is 4.68 Å². The van der Waals surface area contributed by atoms with E-state index < -0.39 is 5.25 Å². The Morgan fingerprint density at radius 3 is 2.38 bits per heavy atom. The standard InChI is InChI=1S/C24H26N6O3S/c1-15-20(23(32)30(29(15)4)18-9-7-6-8-10-18)25-22(31)16(2)34-24-27-26-21(28(24)3)17-11-13-19(33-5)14-12-17/h6-14,16H,1-5H3,(H,25,31)/t16-/m0/s1. The predicted molar refractivity (Wildman–Crippen MR) is 133 cm³/mol. The smallest absolute Gasteiger partial charge is 0.295 e. The van der Waals surface area contributed by atoms with E-state index in [1.807, 2.05) is 66.2 Å². The van der Waals surface area contributed by atoms with Gasteiger partial charge in [0.05, 0.1) is 23.7 Å². The highest BCUT2D eigenvalue weighted by molar-refractivity contribution is 8.00. The summed E-state index contributed by atoms with van der Waals surface area (Å²) in [7, 11) is 5.26. The summed E-state index contributed by atoms with van der Waals surface area (Å²) in [6, 6.07) is 16.8. The van der Waals surface area contributed by atoms with Crippen LogP contribution in [0.4, 0.5) is 5.69 Å². The van der Waals surface area contributed by atoms with Crippen LogP contribution in [0.5, 0.6) is 5.75 Å². The van der Waals surface area contributed by atoms with Crippen LogP contribution in [0.15, 0.2) is 64.5 Å². The molecule has 0 saturated carbocycles. The van der Waals surface area contributed by atoms with E-state index in [1.54, 1.807) is 32.7 Å². The Labute approximate surface area is 201 Å². The molecule has 4 aromatic rings. The summed E-state index contributed by atoms with van der Waals surface area (Å²) in [5.74, 6) is 1.15. The van der Waals surface area contributed by atoms with Gasteiger partial charge in [0.1, 0.15) is 11.4 Å². The van der Waals surface area contributed by atoms with Crippen LogP contribution in [0.3, 0.4) is 0 Å². The molecule has 1 N–H and O–H groups in total. The molecule has 0 aliphatic rings. The second kappa shape index (κ2) is 9.60. The first kappa shape index (κ1) is 23.4. The molecule has 0 saturated heterocycles. The number of benzene rings is 2. The van der Waals surface area contributed by atoms with E-state index >= 15 is 0 Å². The van der Waals surface area contributed by atoms with E-state index in [-0.39, 0.29) is 17.2 Å². The number of methoxy groups -OCH3 is 1. The normalized spacial score (nSPS) is 11.9. The number of para-hydroxylation sites is 1. The van der Waals surface area contributed by atoms with Gasteiger partial charge in [0.25, 0.3) is 5.56 Å². The number of aromatic nitrogens is 5. The zero-order chi connectivity index (χ0) is 24.4. The molecule has 2 heterocycles. The van der Waals surface area contributed by atoms with Gasteiger partial charge in [0.2, 0.25) is 5.91 Å². The fourth-order valence-corrected chi connectivity index (χ4v) is 4.37. The fourth-order valence-electron chi connectivity index (χ4n) is 3.56. The Balaban J connectivity index is 1.51. The second-order valence-electron chi connectivity index (χ2n) is 7.78. The number of hydrogen-bond donors (Lipinski definition) is 1. The molecule has 10 heteroatoms. The highest BCUT2D eigenvalue weighted by Crippen LogP contribution is 2.27. The molecule has 1 atom stereocenters. The van der Waals surface area contributed by atoms with Crippen molar-refractivity contribution in [3.63, 3.8) is 0 Å². The molecule has 2 aromatic carbocycles. The van der Waals surface area contributed by atoms with Crippen LogP contribution in [0.25, 0.3) is 17.1 Å². The Bertz CT molecular complexity index is 1370. The Morgan fingerprint density at radius 1 is 1.06 bits per heavy atom. The summed E-state index contributed by atoms with van der Waals surface area (Å²) in [6.45, 7) is 3.58. The molecular weight excluding hydrogens is 452 g/mol. The maximum absolute atomic E-state index is 13.1. The van der Waals surface area contributed by atoms with Crippen LogP contribution in [-0.2, 0) is 18.9 Å². The van der Waals surface area contributed by atoms with Crippen LogP contribution < -0.4 is 15.6 Å². The molecule has 9 nitrogen and oxygen atoms in total. The summed E-state index contributed by atoms with van der Waals surface area (Å²) in [4.78, 5) is 26.0. The largest absolute Gasteiger partial charge is 0.497 e. The molecule has 4 rings (SSSR count). The number of anilines is 1. The van der Waals surface area contributed by atoms with Gasteiger partial charge in [-0.2, -0.15) is 0 Å². The SMILES string of the molecule is COc1ccc(-c2nnc(S[C@@H](C)C(=O)Nc3c(C)n(C)n(-c4ccccc4)c3=O)n2C)cc1. The third-order valence-electron chi connectivity index (χ3n) is 5.64. The highest BCUT2D eigenvalue weighted by Gasteiger charge is 2.23. The molecule has 1 amide bonds. The van der Waals surface area contributed by atoms with Gasteiger partial charge < -0.3 is 14.6 Å². The van der Waals surface area contributed by atoms with E-state index in [2.05, 4.69) is 15.5 Å². The quantitative estimate of drug-likeness (QED) is 0.409. The molecule has 34 heavy (non-hydrogen) atoms.